The third-order valence-electron chi connectivity index (χ3n) is 3.48. The first kappa shape index (κ1) is 11.3. The second-order valence-corrected chi connectivity index (χ2v) is 4.66. The van der Waals surface area contributed by atoms with Crippen LogP contribution in [0.2, 0.25) is 0 Å². The van der Waals surface area contributed by atoms with Crippen LogP contribution in [0.1, 0.15) is 24.7 Å². The molecule has 3 rings (SSSR count). The third kappa shape index (κ3) is 2.01. The summed E-state index contributed by atoms with van der Waals surface area (Å²) in [5.74, 6) is 1.95. The molecule has 0 saturated carbocycles. The average molecular weight is 243 g/mol. The van der Waals surface area contributed by atoms with Crippen LogP contribution in [-0.2, 0) is 0 Å². The molecule has 2 aromatic heterocycles. The van der Waals surface area contributed by atoms with Gasteiger partial charge in [-0.3, -0.25) is 4.98 Å². The quantitative estimate of drug-likeness (QED) is 0.870. The fourth-order valence-electron chi connectivity index (χ4n) is 2.57. The molecule has 0 unspecified atom stereocenters. The van der Waals surface area contributed by atoms with Crippen LogP contribution in [0.3, 0.4) is 0 Å². The van der Waals surface area contributed by atoms with Crippen LogP contribution >= 0.6 is 0 Å². The van der Waals surface area contributed by atoms with Gasteiger partial charge in [0.05, 0.1) is 0 Å². The van der Waals surface area contributed by atoms with Gasteiger partial charge in [-0.25, -0.2) is 0 Å². The van der Waals surface area contributed by atoms with Gasteiger partial charge in [0.15, 0.2) is 5.82 Å². The van der Waals surface area contributed by atoms with Crippen LogP contribution in [0, 0.1) is 6.92 Å². The van der Waals surface area contributed by atoms with Crippen molar-refractivity contribution in [1.29, 1.82) is 0 Å². The first-order valence-electron chi connectivity index (χ1n) is 6.39. The summed E-state index contributed by atoms with van der Waals surface area (Å²) in [6.45, 7) is 4.16. The van der Waals surface area contributed by atoms with Gasteiger partial charge in [0.1, 0.15) is 5.82 Å². The van der Waals surface area contributed by atoms with Crippen molar-refractivity contribution in [3.63, 3.8) is 0 Å². The van der Waals surface area contributed by atoms with Gasteiger partial charge in [-0.1, -0.05) is 0 Å². The summed E-state index contributed by atoms with van der Waals surface area (Å²) in [4.78, 5) is 4.05. The van der Waals surface area contributed by atoms with Gasteiger partial charge < -0.3 is 9.88 Å². The molecule has 0 atom stereocenters. The Balaban J connectivity index is 2.01. The molecule has 18 heavy (non-hydrogen) atoms. The third-order valence-corrected chi connectivity index (χ3v) is 3.48. The molecule has 1 aliphatic rings. The molecular formula is C13H17N5. The minimum absolute atomic E-state index is 0.504. The maximum absolute atomic E-state index is 4.33. The predicted molar refractivity (Wildman–Crippen MR) is 69.1 cm³/mol. The molecule has 5 heteroatoms. The monoisotopic (exact) mass is 243 g/mol. The molecule has 1 fully saturated rings. The van der Waals surface area contributed by atoms with Crippen LogP contribution in [0.25, 0.3) is 11.4 Å². The topological polar surface area (TPSA) is 55.6 Å². The molecule has 0 aliphatic carbocycles. The van der Waals surface area contributed by atoms with Crippen molar-refractivity contribution in [2.75, 3.05) is 13.1 Å². The number of hydrogen-bond acceptors (Lipinski definition) is 4. The summed E-state index contributed by atoms with van der Waals surface area (Å²) < 4.78 is 2.27. The van der Waals surface area contributed by atoms with Gasteiger partial charge in [-0.05, 0) is 45.0 Å². The molecule has 3 heterocycles. The smallest absolute Gasteiger partial charge is 0.164 e. The van der Waals surface area contributed by atoms with Gasteiger partial charge in [-0.15, -0.1) is 10.2 Å². The van der Waals surface area contributed by atoms with Crippen molar-refractivity contribution >= 4 is 0 Å². The zero-order valence-electron chi connectivity index (χ0n) is 10.5. The maximum Gasteiger partial charge on any atom is 0.164 e. The van der Waals surface area contributed by atoms with E-state index in [1.54, 1.807) is 12.4 Å². The largest absolute Gasteiger partial charge is 0.317 e. The Labute approximate surface area is 106 Å². The molecule has 2 aromatic rings. The Bertz CT molecular complexity index is 513. The Hall–Kier alpha value is -1.75. The Morgan fingerprint density at radius 2 is 1.89 bits per heavy atom. The van der Waals surface area contributed by atoms with Crippen molar-refractivity contribution in [3.8, 4) is 11.4 Å². The Morgan fingerprint density at radius 3 is 2.61 bits per heavy atom. The number of aryl methyl sites for hydroxylation is 1. The lowest BCUT2D eigenvalue weighted by atomic mass is 10.1. The summed E-state index contributed by atoms with van der Waals surface area (Å²) in [6.07, 6.45) is 5.87. The van der Waals surface area contributed by atoms with E-state index in [1.807, 2.05) is 19.1 Å². The zero-order valence-corrected chi connectivity index (χ0v) is 10.5. The van der Waals surface area contributed by atoms with E-state index in [0.29, 0.717) is 6.04 Å². The van der Waals surface area contributed by atoms with E-state index in [1.165, 1.54) is 0 Å². The number of pyridine rings is 1. The maximum atomic E-state index is 4.33. The van der Waals surface area contributed by atoms with Crippen LogP contribution in [0.5, 0.6) is 0 Å². The molecule has 94 valence electrons. The van der Waals surface area contributed by atoms with Crippen molar-refractivity contribution in [1.82, 2.24) is 25.1 Å². The highest BCUT2D eigenvalue weighted by Crippen LogP contribution is 2.26. The number of piperidine rings is 1. The summed E-state index contributed by atoms with van der Waals surface area (Å²) in [5, 5.41) is 12.0. The SMILES string of the molecule is Cc1nnc(-c2ccncc2)n1C1CCNCC1. The normalized spacial score (nSPS) is 16.9. The summed E-state index contributed by atoms with van der Waals surface area (Å²) in [7, 11) is 0. The fraction of sp³-hybridized carbons (Fsp3) is 0.462. The molecular weight excluding hydrogens is 226 g/mol. The highest BCUT2D eigenvalue weighted by Gasteiger charge is 2.21. The van der Waals surface area contributed by atoms with Gasteiger partial charge in [-0.2, -0.15) is 0 Å². The van der Waals surface area contributed by atoms with E-state index >= 15 is 0 Å². The van der Waals surface area contributed by atoms with E-state index in [-0.39, 0.29) is 0 Å². The molecule has 1 N–H and O–H groups in total. The summed E-state index contributed by atoms with van der Waals surface area (Å²) in [6, 6.07) is 4.48. The second-order valence-electron chi connectivity index (χ2n) is 4.66. The molecule has 0 radical (unpaired) electrons. The number of nitrogens with one attached hydrogen (secondary N) is 1. The average Bonchev–Trinajstić information content (AvgIpc) is 2.83. The summed E-state index contributed by atoms with van der Waals surface area (Å²) in [5.41, 5.74) is 1.09. The minimum atomic E-state index is 0.504. The predicted octanol–water partition coefficient (Wildman–Crippen LogP) is 1.57. The highest BCUT2D eigenvalue weighted by molar-refractivity contribution is 5.54. The van der Waals surface area contributed by atoms with E-state index in [9.17, 15) is 0 Å². The van der Waals surface area contributed by atoms with Gasteiger partial charge in [0, 0.05) is 24.0 Å². The molecule has 1 aliphatic heterocycles. The lowest BCUT2D eigenvalue weighted by Gasteiger charge is -2.26. The first-order chi connectivity index (χ1) is 8.86. The summed E-state index contributed by atoms with van der Waals surface area (Å²) >= 11 is 0. The molecule has 0 amide bonds. The Kier molecular flexibility index (Phi) is 3.06. The highest BCUT2D eigenvalue weighted by atomic mass is 15.3. The van der Waals surface area contributed by atoms with E-state index in [2.05, 4.69) is 25.1 Å². The molecule has 0 spiro atoms. The van der Waals surface area contributed by atoms with Crippen LogP contribution in [-0.4, -0.2) is 32.8 Å². The molecule has 0 bridgehead atoms. The van der Waals surface area contributed by atoms with E-state index < -0.39 is 0 Å². The van der Waals surface area contributed by atoms with Crippen molar-refractivity contribution in [2.45, 2.75) is 25.8 Å². The lowest BCUT2D eigenvalue weighted by Crippen LogP contribution is -2.30. The number of aromatic nitrogens is 4. The van der Waals surface area contributed by atoms with E-state index in [0.717, 1.165) is 43.1 Å². The van der Waals surface area contributed by atoms with Gasteiger partial charge >= 0.3 is 0 Å². The van der Waals surface area contributed by atoms with Crippen LogP contribution < -0.4 is 5.32 Å². The van der Waals surface area contributed by atoms with Crippen LogP contribution in [0.15, 0.2) is 24.5 Å². The molecule has 5 nitrogen and oxygen atoms in total. The van der Waals surface area contributed by atoms with Crippen molar-refractivity contribution in [2.24, 2.45) is 0 Å². The second kappa shape index (κ2) is 4.86. The van der Waals surface area contributed by atoms with Crippen LogP contribution in [0.4, 0.5) is 0 Å². The first-order valence-corrected chi connectivity index (χ1v) is 6.39. The van der Waals surface area contributed by atoms with Crippen molar-refractivity contribution < 1.29 is 0 Å². The minimum Gasteiger partial charge on any atom is -0.317 e. The molecule has 0 aromatic carbocycles. The van der Waals surface area contributed by atoms with Crippen molar-refractivity contribution in [3.05, 3.63) is 30.4 Å². The van der Waals surface area contributed by atoms with Gasteiger partial charge in [0.2, 0.25) is 0 Å². The van der Waals surface area contributed by atoms with Gasteiger partial charge in [0.25, 0.3) is 0 Å². The standard InChI is InChI=1S/C13H17N5/c1-10-16-17-13(11-2-6-14-7-3-11)18(10)12-4-8-15-9-5-12/h2-3,6-7,12,15H,4-5,8-9H2,1H3. The van der Waals surface area contributed by atoms with E-state index in [4.69, 9.17) is 0 Å². The fourth-order valence-corrected chi connectivity index (χ4v) is 2.57. The number of hydrogen-bond donors (Lipinski definition) is 1. The lowest BCUT2D eigenvalue weighted by molar-refractivity contribution is 0.365. The number of nitrogens with zero attached hydrogens (tertiary/aromatic N) is 4. The Morgan fingerprint density at radius 1 is 1.17 bits per heavy atom. The number of rotatable bonds is 2. The molecule has 1 saturated heterocycles. The zero-order chi connectivity index (χ0) is 12.4.